The van der Waals surface area contributed by atoms with Crippen molar-refractivity contribution in [3.63, 3.8) is 0 Å². The van der Waals surface area contributed by atoms with Crippen LogP contribution in [0, 0.1) is 5.41 Å². The van der Waals surface area contributed by atoms with E-state index >= 15 is 0 Å². The van der Waals surface area contributed by atoms with Crippen LogP contribution in [-0.2, 0) is 0 Å². The molecule has 0 fully saturated rings. The molecule has 1 aromatic rings. The van der Waals surface area contributed by atoms with Gasteiger partial charge in [0, 0.05) is 5.41 Å². The molecule has 1 unspecified atom stereocenters. The molecule has 0 aliphatic carbocycles. The Labute approximate surface area is 85.5 Å². The van der Waals surface area contributed by atoms with E-state index in [4.69, 9.17) is 4.74 Å². The average molecular weight is 194 g/mol. The van der Waals surface area contributed by atoms with Crippen molar-refractivity contribution >= 4 is 0 Å². The Morgan fingerprint density at radius 1 is 1.29 bits per heavy atom. The van der Waals surface area contributed by atoms with Gasteiger partial charge in [0.05, 0.1) is 0 Å². The largest absolute Gasteiger partial charge is 0.465 e. The Morgan fingerprint density at radius 2 is 1.86 bits per heavy atom. The highest BCUT2D eigenvalue weighted by molar-refractivity contribution is 5.21. The molecule has 1 rings (SSSR count). The molecule has 1 atom stereocenters. The van der Waals surface area contributed by atoms with Gasteiger partial charge in [0.1, 0.15) is 5.75 Å². The minimum Gasteiger partial charge on any atom is -0.465 e. The first-order valence-electron chi connectivity index (χ1n) is 4.96. The van der Waals surface area contributed by atoms with Crippen molar-refractivity contribution in [2.75, 3.05) is 0 Å². The number of aliphatic hydroxyl groups is 1. The zero-order valence-electron chi connectivity index (χ0n) is 9.03. The molecule has 0 spiro atoms. The summed E-state index contributed by atoms with van der Waals surface area (Å²) in [6.45, 7) is 6.01. The highest BCUT2D eigenvalue weighted by Gasteiger charge is 2.27. The smallest absolute Gasteiger partial charge is 0.202 e. The van der Waals surface area contributed by atoms with E-state index in [0.717, 1.165) is 6.42 Å². The van der Waals surface area contributed by atoms with Crippen molar-refractivity contribution in [3.05, 3.63) is 30.3 Å². The second-order valence-electron chi connectivity index (χ2n) is 4.13. The number of hydrogen-bond donors (Lipinski definition) is 1. The third kappa shape index (κ3) is 2.74. The van der Waals surface area contributed by atoms with Gasteiger partial charge in [-0.1, -0.05) is 39.0 Å². The minimum atomic E-state index is -0.755. The molecule has 0 bridgehead atoms. The molecule has 14 heavy (non-hydrogen) atoms. The lowest BCUT2D eigenvalue weighted by Gasteiger charge is -2.29. The molecule has 1 aromatic carbocycles. The van der Waals surface area contributed by atoms with E-state index in [-0.39, 0.29) is 5.41 Å². The van der Waals surface area contributed by atoms with E-state index < -0.39 is 6.29 Å². The Bertz CT molecular complexity index is 267. The Hall–Kier alpha value is -1.02. The second kappa shape index (κ2) is 4.47. The first-order valence-corrected chi connectivity index (χ1v) is 4.96. The molecule has 0 saturated carbocycles. The summed E-state index contributed by atoms with van der Waals surface area (Å²) in [7, 11) is 0. The van der Waals surface area contributed by atoms with Crippen LogP contribution in [0.25, 0.3) is 0 Å². The van der Waals surface area contributed by atoms with Gasteiger partial charge in [0.25, 0.3) is 0 Å². The average Bonchev–Trinajstić information content (AvgIpc) is 2.19. The summed E-state index contributed by atoms with van der Waals surface area (Å²) in [5.41, 5.74) is -0.212. The number of benzene rings is 1. The van der Waals surface area contributed by atoms with Crippen LogP contribution in [0.1, 0.15) is 27.2 Å². The highest BCUT2D eigenvalue weighted by Crippen LogP contribution is 2.26. The van der Waals surface area contributed by atoms with Crippen LogP contribution in [0.15, 0.2) is 30.3 Å². The van der Waals surface area contributed by atoms with Crippen LogP contribution in [0.2, 0.25) is 0 Å². The van der Waals surface area contributed by atoms with E-state index in [1.165, 1.54) is 0 Å². The van der Waals surface area contributed by atoms with Crippen LogP contribution in [0.4, 0.5) is 0 Å². The van der Waals surface area contributed by atoms with Crippen molar-refractivity contribution in [3.8, 4) is 5.75 Å². The Balaban J connectivity index is 2.62. The molecule has 2 heteroatoms. The number of hydrogen-bond acceptors (Lipinski definition) is 2. The maximum absolute atomic E-state index is 9.81. The molecule has 0 amide bonds. The van der Waals surface area contributed by atoms with Crippen molar-refractivity contribution in [1.82, 2.24) is 0 Å². The van der Waals surface area contributed by atoms with Gasteiger partial charge < -0.3 is 9.84 Å². The summed E-state index contributed by atoms with van der Waals surface area (Å²) in [5, 5.41) is 9.81. The normalized spacial score (nSPS) is 13.7. The van der Waals surface area contributed by atoms with E-state index in [1.54, 1.807) is 0 Å². The quantitative estimate of drug-likeness (QED) is 0.747. The van der Waals surface area contributed by atoms with Crippen LogP contribution < -0.4 is 4.74 Å². The zero-order chi connectivity index (χ0) is 10.6. The summed E-state index contributed by atoms with van der Waals surface area (Å²) < 4.78 is 5.43. The molecule has 0 aliphatic rings. The van der Waals surface area contributed by atoms with Crippen molar-refractivity contribution < 1.29 is 9.84 Å². The molecule has 0 heterocycles. The van der Waals surface area contributed by atoms with Gasteiger partial charge in [0.15, 0.2) is 0 Å². The van der Waals surface area contributed by atoms with Gasteiger partial charge in [-0.15, -0.1) is 0 Å². The van der Waals surface area contributed by atoms with Gasteiger partial charge in [-0.25, -0.2) is 0 Å². The van der Waals surface area contributed by atoms with Crippen LogP contribution in [0.3, 0.4) is 0 Å². The molecule has 0 saturated heterocycles. The Morgan fingerprint density at radius 3 is 2.36 bits per heavy atom. The summed E-state index contributed by atoms with van der Waals surface area (Å²) in [6, 6.07) is 9.39. The van der Waals surface area contributed by atoms with E-state index in [2.05, 4.69) is 0 Å². The third-order valence-electron chi connectivity index (χ3n) is 2.57. The topological polar surface area (TPSA) is 29.5 Å². The number of aliphatic hydroxyl groups excluding tert-OH is 1. The predicted octanol–water partition coefficient (Wildman–Crippen LogP) is 2.82. The fraction of sp³-hybridized carbons (Fsp3) is 0.500. The molecular formula is C12H18O2. The van der Waals surface area contributed by atoms with Crippen LogP contribution >= 0.6 is 0 Å². The summed E-state index contributed by atoms with van der Waals surface area (Å²) in [6.07, 6.45) is 0.121. The Kier molecular flexibility index (Phi) is 3.53. The number of ether oxygens (including phenoxy) is 1. The molecule has 1 N–H and O–H groups in total. The number of rotatable bonds is 4. The van der Waals surface area contributed by atoms with Crippen molar-refractivity contribution in [1.29, 1.82) is 0 Å². The lowest BCUT2D eigenvalue weighted by atomic mass is 9.89. The molecule has 0 radical (unpaired) electrons. The monoisotopic (exact) mass is 194 g/mol. The van der Waals surface area contributed by atoms with Gasteiger partial charge in [0.2, 0.25) is 6.29 Å². The lowest BCUT2D eigenvalue weighted by Crippen LogP contribution is -2.33. The van der Waals surface area contributed by atoms with E-state index in [0.29, 0.717) is 5.75 Å². The maximum atomic E-state index is 9.81. The van der Waals surface area contributed by atoms with Crippen molar-refractivity contribution in [2.24, 2.45) is 5.41 Å². The summed E-state index contributed by atoms with van der Waals surface area (Å²) in [4.78, 5) is 0. The molecule has 0 aromatic heterocycles. The first-order chi connectivity index (χ1) is 6.56. The van der Waals surface area contributed by atoms with Gasteiger partial charge >= 0.3 is 0 Å². The molecule has 78 valence electrons. The van der Waals surface area contributed by atoms with E-state index in [9.17, 15) is 5.11 Å². The van der Waals surface area contributed by atoms with Crippen LogP contribution in [0.5, 0.6) is 5.75 Å². The fourth-order valence-corrected chi connectivity index (χ4v) is 0.962. The van der Waals surface area contributed by atoms with Gasteiger partial charge in [-0.2, -0.15) is 0 Å². The van der Waals surface area contributed by atoms with Crippen LogP contribution in [-0.4, -0.2) is 11.4 Å². The minimum absolute atomic E-state index is 0.212. The fourth-order valence-electron chi connectivity index (χ4n) is 0.962. The maximum Gasteiger partial charge on any atom is 0.202 e. The molecule has 0 aliphatic heterocycles. The first kappa shape index (κ1) is 11.1. The van der Waals surface area contributed by atoms with E-state index in [1.807, 2.05) is 51.1 Å². The third-order valence-corrected chi connectivity index (χ3v) is 2.57. The standard InChI is InChI=1S/C12H18O2/c1-4-12(2,3)11(13)14-10-8-6-5-7-9-10/h5-9,11,13H,4H2,1-3H3. The van der Waals surface area contributed by atoms with Gasteiger partial charge in [-0.3, -0.25) is 0 Å². The molecular weight excluding hydrogens is 176 g/mol. The lowest BCUT2D eigenvalue weighted by molar-refractivity contribution is -0.102. The predicted molar refractivity (Wildman–Crippen MR) is 57.1 cm³/mol. The summed E-state index contributed by atoms with van der Waals surface area (Å²) >= 11 is 0. The highest BCUT2D eigenvalue weighted by atomic mass is 16.6. The SMILES string of the molecule is CCC(C)(C)C(O)Oc1ccccc1. The van der Waals surface area contributed by atoms with Crippen molar-refractivity contribution in [2.45, 2.75) is 33.5 Å². The second-order valence-corrected chi connectivity index (χ2v) is 4.13. The van der Waals surface area contributed by atoms with Gasteiger partial charge in [-0.05, 0) is 18.6 Å². The zero-order valence-corrected chi connectivity index (χ0v) is 9.03. The summed E-state index contributed by atoms with van der Waals surface area (Å²) in [5.74, 6) is 0.710. The molecule has 2 nitrogen and oxygen atoms in total. The number of para-hydroxylation sites is 1.